The minimum absolute atomic E-state index is 0.0858. The van der Waals surface area contributed by atoms with Crippen LogP contribution in [0.1, 0.15) is 21.5 Å². The lowest BCUT2D eigenvalue weighted by Crippen LogP contribution is -2.14. The van der Waals surface area contributed by atoms with Gasteiger partial charge in [0.25, 0.3) is 0 Å². The molecule has 130 valence electrons. The van der Waals surface area contributed by atoms with Crippen LogP contribution in [0.25, 0.3) is 22.2 Å². The summed E-state index contributed by atoms with van der Waals surface area (Å²) in [4.78, 5) is 22.0. The number of carbonyl (C=O) groups excluding carboxylic acids is 1. The van der Waals surface area contributed by atoms with Crippen LogP contribution in [0.5, 0.6) is 0 Å². The van der Waals surface area contributed by atoms with Crippen molar-refractivity contribution in [3.63, 3.8) is 0 Å². The Labute approximate surface area is 155 Å². The van der Waals surface area contributed by atoms with Crippen molar-refractivity contribution >= 4 is 33.7 Å². The van der Waals surface area contributed by atoms with Gasteiger partial charge in [-0.2, -0.15) is 0 Å². The van der Waals surface area contributed by atoms with E-state index < -0.39 is 0 Å². The highest BCUT2D eigenvalue weighted by molar-refractivity contribution is 6.28. The van der Waals surface area contributed by atoms with Crippen LogP contribution < -0.4 is 11.1 Å². The minimum atomic E-state index is -0.0858. The summed E-state index contributed by atoms with van der Waals surface area (Å²) in [5, 5.41) is 4.08. The molecule has 0 saturated carbocycles. The van der Waals surface area contributed by atoms with E-state index in [1.54, 1.807) is 6.07 Å². The van der Waals surface area contributed by atoms with Crippen LogP contribution in [0.15, 0.2) is 60.9 Å². The van der Waals surface area contributed by atoms with Gasteiger partial charge in [-0.25, -0.2) is 9.97 Å². The maximum absolute atomic E-state index is 13.1. The highest BCUT2D eigenvalue weighted by atomic mass is 16.1. The summed E-state index contributed by atoms with van der Waals surface area (Å²) in [5.74, 6) is -0.0858. The maximum Gasteiger partial charge on any atom is 0.196 e. The Morgan fingerprint density at radius 3 is 2.48 bits per heavy atom. The first-order chi connectivity index (χ1) is 13.1. The summed E-state index contributed by atoms with van der Waals surface area (Å²) >= 11 is 0. The molecule has 1 aromatic heterocycles. The molecule has 5 heteroatoms. The number of anilines is 3. The van der Waals surface area contributed by atoms with Crippen molar-refractivity contribution in [2.24, 2.45) is 0 Å². The first-order valence-corrected chi connectivity index (χ1v) is 8.68. The molecular weight excluding hydrogens is 336 g/mol. The molecule has 0 amide bonds. The second kappa shape index (κ2) is 5.64. The maximum atomic E-state index is 13.1. The lowest BCUT2D eigenvalue weighted by Gasteiger charge is -2.21. The van der Waals surface area contributed by atoms with Crippen molar-refractivity contribution in [2.45, 2.75) is 6.92 Å². The summed E-state index contributed by atoms with van der Waals surface area (Å²) in [6.45, 7) is 2.04. The smallest absolute Gasteiger partial charge is 0.196 e. The quantitative estimate of drug-likeness (QED) is 0.458. The number of ketones is 1. The monoisotopic (exact) mass is 352 g/mol. The highest BCUT2D eigenvalue weighted by Gasteiger charge is 2.29. The normalized spacial score (nSPS) is 12.1. The van der Waals surface area contributed by atoms with E-state index in [0.717, 1.165) is 22.6 Å². The van der Waals surface area contributed by atoms with E-state index in [-0.39, 0.29) is 5.78 Å². The van der Waals surface area contributed by atoms with Gasteiger partial charge >= 0.3 is 0 Å². The minimum Gasteiger partial charge on any atom is -0.398 e. The molecule has 0 bridgehead atoms. The third-order valence-corrected chi connectivity index (χ3v) is 4.93. The van der Waals surface area contributed by atoms with Crippen molar-refractivity contribution in [3.8, 4) is 11.3 Å². The van der Waals surface area contributed by atoms with Gasteiger partial charge in [-0.05, 0) is 25.1 Å². The largest absolute Gasteiger partial charge is 0.398 e. The molecular formula is C22H16N4O. The van der Waals surface area contributed by atoms with Crippen molar-refractivity contribution in [1.29, 1.82) is 0 Å². The molecule has 1 heterocycles. The van der Waals surface area contributed by atoms with Crippen LogP contribution >= 0.6 is 0 Å². The molecule has 0 unspecified atom stereocenters. The van der Waals surface area contributed by atoms with Gasteiger partial charge in [0.1, 0.15) is 6.33 Å². The number of hydrogen-bond acceptors (Lipinski definition) is 5. The van der Waals surface area contributed by atoms with Gasteiger partial charge < -0.3 is 11.1 Å². The van der Waals surface area contributed by atoms with E-state index in [1.807, 2.05) is 55.5 Å². The Bertz CT molecular complexity index is 1230. The summed E-state index contributed by atoms with van der Waals surface area (Å²) in [7, 11) is 0. The molecule has 0 radical (unpaired) electrons. The number of nitrogens with one attached hydrogen (secondary N) is 1. The van der Waals surface area contributed by atoms with E-state index in [9.17, 15) is 4.79 Å². The predicted octanol–water partition coefficient (Wildman–Crippen LogP) is 4.48. The van der Waals surface area contributed by atoms with Crippen molar-refractivity contribution < 1.29 is 4.79 Å². The van der Waals surface area contributed by atoms with Gasteiger partial charge in [-0.1, -0.05) is 42.0 Å². The van der Waals surface area contributed by atoms with Crippen LogP contribution in [0.3, 0.4) is 0 Å². The molecule has 0 fully saturated rings. The zero-order valence-corrected chi connectivity index (χ0v) is 14.7. The number of aromatic nitrogens is 2. The van der Waals surface area contributed by atoms with Gasteiger partial charge in [0.15, 0.2) is 5.78 Å². The summed E-state index contributed by atoms with van der Waals surface area (Å²) < 4.78 is 0. The molecule has 5 rings (SSSR count). The lowest BCUT2D eigenvalue weighted by molar-refractivity contribution is 0.104. The molecule has 1 aliphatic rings. The Kier molecular flexibility index (Phi) is 3.24. The Balaban J connectivity index is 1.79. The average Bonchev–Trinajstić information content (AvgIpc) is 2.69. The van der Waals surface area contributed by atoms with Gasteiger partial charge in [0.05, 0.1) is 22.5 Å². The van der Waals surface area contributed by atoms with Gasteiger partial charge in [-0.3, -0.25) is 4.79 Å². The number of aryl methyl sites for hydroxylation is 1. The van der Waals surface area contributed by atoms with Crippen LogP contribution in [0.2, 0.25) is 0 Å². The van der Waals surface area contributed by atoms with Gasteiger partial charge in [0, 0.05) is 27.9 Å². The molecule has 3 aromatic carbocycles. The molecule has 4 aromatic rings. The van der Waals surface area contributed by atoms with E-state index in [0.29, 0.717) is 27.7 Å². The third-order valence-electron chi connectivity index (χ3n) is 4.93. The van der Waals surface area contributed by atoms with Crippen molar-refractivity contribution in [1.82, 2.24) is 9.97 Å². The number of nitrogens with zero attached hydrogens (tertiary/aromatic N) is 2. The SMILES string of the molecule is Cc1ccc(Nc2cc(N)c3c4c(ncnc24)-c2ccccc2C3=O)cc1. The van der Waals surface area contributed by atoms with E-state index in [2.05, 4.69) is 15.3 Å². The predicted molar refractivity (Wildman–Crippen MR) is 107 cm³/mol. The van der Waals surface area contributed by atoms with Crippen LogP contribution in [0, 0.1) is 6.92 Å². The molecule has 0 atom stereocenters. The Hall–Kier alpha value is -3.73. The molecule has 27 heavy (non-hydrogen) atoms. The van der Waals surface area contributed by atoms with Crippen LogP contribution in [-0.4, -0.2) is 15.8 Å². The fourth-order valence-corrected chi connectivity index (χ4v) is 3.63. The average molecular weight is 352 g/mol. The fraction of sp³-hybridized carbons (Fsp3) is 0.0455. The number of rotatable bonds is 2. The Morgan fingerprint density at radius 2 is 1.70 bits per heavy atom. The number of fused-ring (bicyclic) bond motifs is 2. The summed E-state index contributed by atoms with van der Waals surface area (Å²) in [6.07, 6.45) is 1.53. The first kappa shape index (κ1) is 15.5. The van der Waals surface area contributed by atoms with E-state index >= 15 is 0 Å². The number of hydrogen-bond donors (Lipinski definition) is 2. The molecule has 0 spiro atoms. The number of nitrogens with two attached hydrogens (primary N) is 1. The molecule has 5 nitrogen and oxygen atoms in total. The lowest BCUT2D eigenvalue weighted by atomic mass is 9.85. The standard InChI is InChI=1S/C22H16N4O/c1-12-6-8-13(9-7-12)26-17-10-16(23)18-19-20(24-11-25-21(17)19)14-4-2-3-5-15(14)22(18)27/h2-11,26H,23H2,1H3. The Morgan fingerprint density at radius 1 is 0.963 bits per heavy atom. The molecule has 0 saturated heterocycles. The third kappa shape index (κ3) is 2.29. The number of nitrogen functional groups attached to an aromatic ring is 1. The topological polar surface area (TPSA) is 80.9 Å². The highest BCUT2D eigenvalue weighted by Crippen LogP contribution is 2.42. The van der Waals surface area contributed by atoms with Crippen molar-refractivity contribution in [2.75, 3.05) is 11.1 Å². The van der Waals surface area contributed by atoms with Crippen LogP contribution in [-0.2, 0) is 0 Å². The summed E-state index contributed by atoms with van der Waals surface area (Å²) in [6, 6.07) is 17.3. The van der Waals surface area contributed by atoms with Gasteiger partial charge in [-0.15, -0.1) is 0 Å². The summed E-state index contributed by atoms with van der Waals surface area (Å²) in [5.41, 5.74) is 12.9. The first-order valence-electron chi connectivity index (χ1n) is 8.68. The van der Waals surface area contributed by atoms with Crippen molar-refractivity contribution in [3.05, 3.63) is 77.6 Å². The number of carbonyl (C=O) groups is 1. The van der Waals surface area contributed by atoms with Crippen LogP contribution in [0.4, 0.5) is 17.1 Å². The zero-order chi connectivity index (χ0) is 18.5. The molecule has 1 aliphatic carbocycles. The van der Waals surface area contributed by atoms with E-state index in [1.165, 1.54) is 11.9 Å². The second-order valence-electron chi connectivity index (χ2n) is 6.70. The fourth-order valence-electron chi connectivity index (χ4n) is 3.63. The number of benzene rings is 3. The zero-order valence-electron chi connectivity index (χ0n) is 14.7. The molecule has 0 aliphatic heterocycles. The van der Waals surface area contributed by atoms with E-state index in [4.69, 9.17) is 5.73 Å². The molecule has 3 N–H and O–H groups in total. The second-order valence-corrected chi connectivity index (χ2v) is 6.70. The van der Waals surface area contributed by atoms with Gasteiger partial charge in [0.2, 0.25) is 0 Å².